The average molecular weight is 594 g/mol. The summed E-state index contributed by atoms with van der Waals surface area (Å²) >= 11 is 0. The number of hydrogen-bond donors (Lipinski definition) is 2. The predicted octanol–water partition coefficient (Wildman–Crippen LogP) is 6.82. The minimum Gasteiger partial charge on any atom is -0.481 e. The number of rotatable bonds is 9. The lowest BCUT2D eigenvalue weighted by Crippen LogP contribution is -2.21. The average Bonchev–Trinajstić information content (AvgIpc) is 3.61. The van der Waals surface area contributed by atoms with E-state index in [1.165, 1.54) is 0 Å². The zero-order valence-corrected chi connectivity index (χ0v) is 25.6. The Morgan fingerprint density at radius 2 is 1.75 bits per heavy atom. The lowest BCUT2D eigenvalue weighted by Gasteiger charge is -2.26. The van der Waals surface area contributed by atoms with Gasteiger partial charge in [0.2, 0.25) is 5.88 Å². The number of aliphatic hydroxyl groups is 1. The first-order valence-corrected chi connectivity index (χ1v) is 15.3. The summed E-state index contributed by atoms with van der Waals surface area (Å²) in [7, 11) is 1.62. The van der Waals surface area contributed by atoms with Crippen LogP contribution in [0.3, 0.4) is 0 Å². The molecule has 0 radical (unpaired) electrons. The molecule has 9 nitrogen and oxygen atoms in total. The van der Waals surface area contributed by atoms with Crippen molar-refractivity contribution in [2.45, 2.75) is 70.9 Å². The molecule has 0 bridgehead atoms. The molecular weight excluding hydrogens is 554 g/mol. The molecule has 6 rings (SSSR count). The Balaban J connectivity index is 1.36. The van der Waals surface area contributed by atoms with Gasteiger partial charge in [-0.25, -0.2) is 9.67 Å². The van der Waals surface area contributed by atoms with Crippen LogP contribution in [0.2, 0.25) is 0 Å². The van der Waals surface area contributed by atoms with E-state index in [1.54, 1.807) is 11.8 Å². The van der Waals surface area contributed by atoms with Crippen molar-refractivity contribution in [3.8, 4) is 22.8 Å². The molecule has 2 aromatic carbocycles. The van der Waals surface area contributed by atoms with Gasteiger partial charge < -0.3 is 14.9 Å². The molecule has 5 aromatic rings. The van der Waals surface area contributed by atoms with Gasteiger partial charge in [-0.05, 0) is 62.3 Å². The van der Waals surface area contributed by atoms with E-state index in [4.69, 9.17) is 19.9 Å². The van der Waals surface area contributed by atoms with Gasteiger partial charge in [-0.3, -0.25) is 9.48 Å². The first-order valence-electron chi connectivity index (χ1n) is 15.3. The molecule has 0 saturated heterocycles. The molecule has 1 aliphatic carbocycles. The summed E-state index contributed by atoms with van der Waals surface area (Å²) in [4.78, 5) is 16.3. The second-order valence-corrected chi connectivity index (χ2v) is 12.1. The third kappa shape index (κ3) is 5.59. The normalized spacial score (nSPS) is 17.7. The van der Waals surface area contributed by atoms with Gasteiger partial charge >= 0.3 is 5.97 Å². The van der Waals surface area contributed by atoms with Gasteiger partial charge in [0, 0.05) is 40.0 Å². The molecule has 1 fully saturated rings. The minimum atomic E-state index is -0.705. The van der Waals surface area contributed by atoms with Crippen LogP contribution in [0.1, 0.15) is 80.0 Å². The summed E-state index contributed by atoms with van der Waals surface area (Å²) in [6, 6.07) is 19.7. The minimum absolute atomic E-state index is 0.201. The molecule has 1 atom stereocenters. The first kappa shape index (κ1) is 29.6. The number of ether oxygens (including phenoxy) is 1. The standard InChI is InChI=1S/C35H39N5O4/c1-21(2)32-22(3)40(30-18-17-28(36-34(30)44-4)23-13-15-25(16-14-23)35(42)43)38-33(32)26-11-8-12-29-27(26)19-39(37-29)20-31(41)24-9-6-5-7-10-24/h5-12,17-19,21,23,25,31,41H,13-16,20H2,1-4H3,(H,42,43). The lowest BCUT2D eigenvalue weighted by molar-refractivity contribution is -0.142. The van der Waals surface area contributed by atoms with Crippen LogP contribution in [0.4, 0.5) is 0 Å². The van der Waals surface area contributed by atoms with Crippen molar-refractivity contribution in [3.63, 3.8) is 0 Å². The first-order chi connectivity index (χ1) is 21.2. The summed E-state index contributed by atoms with van der Waals surface area (Å²) in [5.41, 5.74) is 7.38. The van der Waals surface area contributed by atoms with Crippen molar-refractivity contribution in [2.24, 2.45) is 5.92 Å². The fraction of sp³-hybridized carbons (Fsp3) is 0.371. The Morgan fingerprint density at radius 3 is 2.43 bits per heavy atom. The van der Waals surface area contributed by atoms with Crippen molar-refractivity contribution in [1.29, 1.82) is 0 Å². The second-order valence-electron chi connectivity index (χ2n) is 12.1. The van der Waals surface area contributed by atoms with E-state index in [1.807, 2.05) is 65.5 Å². The SMILES string of the molecule is COc1nc(C2CCC(C(=O)O)CC2)ccc1-n1nc(-c2cccc3nn(CC(O)c4ccccc4)cc23)c(C(C)C)c1C. The zero-order chi connectivity index (χ0) is 31.0. The Hall–Kier alpha value is -4.50. The molecule has 0 aliphatic heterocycles. The summed E-state index contributed by atoms with van der Waals surface area (Å²) in [6.45, 7) is 6.76. The van der Waals surface area contributed by atoms with Crippen LogP contribution in [-0.4, -0.2) is 47.8 Å². The quantitative estimate of drug-likeness (QED) is 0.193. The number of nitrogens with zero attached hydrogens (tertiary/aromatic N) is 5. The van der Waals surface area contributed by atoms with Crippen LogP contribution in [0, 0.1) is 12.8 Å². The lowest BCUT2D eigenvalue weighted by atomic mass is 9.80. The van der Waals surface area contributed by atoms with Gasteiger partial charge in [0.25, 0.3) is 0 Å². The number of aromatic nitrogens is 5. The monoisotopic (exact) mass is 593 g/mol. The third-order valence-corrected chi connectivity index (χ3v) is 8.91. The van der Waals surface area contributed by atoms with Crippen molar-refractivity contribution in [2.75, 3.05) is 7.11 Å². The van der Waals surface area contributed by atoms with E-state index >= 15 is 0 Å². The van der Waals surface area contributed by atoms with E-state index in [9.17, 15) is 15.0 Å². The van der Waals surface area contributed by atoms with Gasteiger partial charge in [0.15, 0.2) is 0 Å². The maximum Gasteiger partial charge on any atom is 0.306 e. The third-order valence-electron chi connectivity index (χ3n) is 8.91. The van der Waals surface area contributed by atoms with Gasteiger partial charge in [-0.15, -0.1) is 0 Å². The van der Waals surface area contributed by atoms with E-state index in [2.05, 4.69) is 26.8 Å². The van der Waals surface area contributed by atoms with Gasteiger partial charge in [-0.2, -0.15) is 10.2 Å². The number of benzene rings is 2. The molecule has 1 unspecified atom stereocenters. The highest BCUT2D eigenvalue weighted by Crippen LogP contribution is 2.39. The Kier molecular flexibility index (Phi) is 8.23. The van der Waals surface area contributed by atoms with Crippen molar-refractivity contribution in [1.82, 2.24) is 24.5 Å². The summed E-state index contributed by atoms with van der Waals surface area (Å²) in [5, 5.41) is 31.1. The number of aliphatic carboxylic acids is 1. The number of carboxylic acids is 1. The molecule has 228 valence electrons. The van der Waals surface area contributed by atoms with Crippen LogP contribution < -0.4 is 4.74 Å². The number of hydrogen-bond acceptors (Lipinski definition) is 6. The zero-order valence-electron chi connectivity index (χ0n) is 25.6. The van der Waals surface area contributed by atoms with Crippen molar-refractivity contribution < 1.29 is 19.7 Å². The molecule has 2 N–H and O–H groups in total. The van der Waals surface area contributed by atoms with Gasteiger partial charge in [0.05, 0.1) is 36.9 Å². The number of fused-ring (bicyclic) bond motifs is 1. The maximum atomic E-state index is 11.4. The molecule has 1 saturated carbocycles. The molecule has 9 heteroatoms. The molecule has 0 amide bonds. The second kappa shape index (κ2) is 12.2. The summed E-state index contributed by atoms with van der Waals surface area (Å²) in [6.07, 6.45) is 4.25. The number of aliphatic hydroxyl groups excluding tert-OH is 1. The largest absolute Gasteiger partial charge is 0.481 e. The molecule has 1 aliphatic rings. The molecule has 0 spiro atoms. The van der Waals surface area contributed by atoms with Crippen LogP contribution in [-0.2, 0) is 11.3 Å². The van der Waals surface area contributed by atoms with E-state index in [-0.39, 0.29) is 17.8 Å². The van der Waals surface area contributed by atoms with Crippen molar-refractivity contribution in [3.05, 3.63) is 89.4 Å². The summed E-state index contributed by atoms with van der Waals surface area (Å²) < 4.78 is 9.53. The van der Waals surface area contributed by atoms with E-state index in [0.717, 1.165) is 63.2 Å². The fourth-order valence-corrected chi connectivity index (χ4v) is 6.61. The Bertz CT molecular complexity index is 1780. The van der Waals surface area contributed by atoms with E-state index in [0.29, 0.717) is 25.3 Å². The smallest absolute Gasteiger partial charge is 0.306 e. The highest BCUT2D eigenvalue weighted by Gasteiger charge is 2.29. The summed E-state index contributed by atoms with van der Waals surface area (Å²) in [5.74, 6) is -0.0629. The number of pyridine rings is 1. The predicted molar refractivity (Wildman–Crippen MR) is 169 cm³/mol. The van der Waals surface area contributed by atoms with Crippen LogP contribution >= 0.6 is 0 Å². The van der Waals surface area contributed by atoms with Gasteiger partial charge in [-0.1, -0.05) is 56.3 Å². The molecule has 44 heavy (non-hydrogen) atoms. The highest BCUT2D eigenvalue weighted by molar-refractivity contribution is 5.94. The Labute approximate surface area is 257 Å². The van der Waals surface area contributed by atoms with Crippen LogP contribution in [0.25, 0.3) is 27.8 Å². The molecule has 3 heterocycles. The highest BCUT2D eigenvalue weighted by atomic mass is 16.5. The molecular formula is C35H39N5O4. The van der Waals surface area contributed by atoms with Crippen LogP contribution in [0.15, 0.2) is 66.9 Å². The number of carbonyl (C=O) groups is 1. The fourth-order valence-electron chi connectivity index (χ4n) is 6.61. The molecule has 3 aromatic heterocycles. The number of methoxy groups -OCH3 is 1. The van der Waals surface area contributed by atoms with Crippen LogP contribution in [0.5, 0.6) is 5.88 Å². The number of carboxylic acid groups (broad SMARTS) is 1. The topological polar surface area (TPSA) is 115 Å². The maximum absolute atomic E-state index is 11.4. The van der Waals surface area contributed by atoms with Gasteiger partial charge in [0.1, 0.15) is 5.69 Å². The van der Waals surface area contributed by atoms with E-state index < -0.39 is 12.1 Å². The Morgan fingerprint density at radius 1 is 1.00 bits per heavy atom. The van der Waals surface area contributed by atoms with Crippen molar-refractivity contribution >= 4 is 16.9 Å².